The normalized spacial score (nSPS) is 22.8. The van der Waals surface area contributed by atoms with Crippen LogP contribution in [-0.2, 0) is 11.3 Å². The van der Waals surface area contributed by atoms with Crippen LogP contribution in [0.25, 0.3) is 10.2 Å². The highest BCUT2D eigenvalue weighted by Crippen LogP contribution is 2.25. The van der Waals surface area contributed by atoms with Gasteiger partial charge in [0.25, 0.3) is 0 Å². The zero-order valence-electron chi connectivity index (χ0n) is 13.1. The number of pyridine rings is 1. The molecule has 0 unspecified atom stereocenters. The molecule has 6 heteroatoms. The minimum Gasteiger partial charge on any atom is -0.340 e. The van der Waals surface area contributed by atoms with Crippen LogP contribution >= 0.6 is 23.1 Å². The molecule has 2 aliphatic rings. The van der Waals surface area contributed by atoms with Crippen molar-refractivity contribution in [1.82, 2.24) is 14.8 Å². The number of aromatic nitrogens is 1. The lowest BCUT2D eigenvalue weighted by molar-refractivity contribution is -0.135. The molecule has 0 radical (unpaired) electrons. The van der Waals surface area contributed by atoms with Crippen molar-refractivity contribution in [3.05, 3.63) is 29.3 Å². The standard InChI is InChI=1S/C17H21N3OS2/c21-17(19-5-8-22-9-6-19)15-2-1-4-20(15)12-13-10-16-14(18-11-13)3-7-23-16/h3,7,10-11,15H,1-2,4-6,8-9,12H2/t15-/m0/s1. The Balaban J connectivity index is 1.47. The molecule has 2 saturated heterocycles. The lowest BCUT2D eigenvalue weighted by Gasteiger charge is -2.32. The highest BCUT2D eigenvalue weighted by molar-refractivity contribution is 7.99. The number of rotatable bonds is 3. The number of likely N-dealkylation sites (tertiary alicyclic amines) is 1. The fraction of sp³-hybridized carbons (Fsp3) is 0.529. The Morgan fingerprint density at radius 1 is 1.30 bits per heavy atom. The molecular formula is C17H21N3OS2. The smallest absolute Gasteiger partial charge is 0.239 e. The predicted octanol–water partition coefficient (Wildman–Crippen LogP) is 2.84. The molecule has 122 valence electrons. The number of thioether (sulfide) groups is 1. The van der Waals surface area contributed by atoms with Gasteiger partial charge in [0.15, 0.2) is 0 Å². The largest absolute Gasteiger partial charge is 0.340 e. The first-order valence-corrected chi connectivity index (χ1v) is 10.3. The molecule has 2 fully saturated rings. The fourth-order valence-electron chi connectivity index (χ4n) is 3.50. The maximum absolute atomic E-state index is 12.8. The molecule has 4 heterocycles. The van der Waals surface area contributed by atoms with Gasteiger partial charge in [0.05, 0.1) is 16.3 Å². The van der Waals surface area contributed by atoms with E-state index in [0.29, 0.717) is 5.91 Å². The molecule has 0 aromatic carbocycles. The summed E-state index contributed by atoms with van der Waals surface area (Å²) in [5, 5.41) is 2.08. The summed E-state index contributed by atoms with van der Waals surface area (Å²) in [6.45, 7) is 3.68. The van der Waals surface area contributed by atoms with Gasteiger partial charge in [-0.15, -0.1) is 11.3 Å². The molecule has 4 rings (SSSR count). The summed E-state index contributed by atoms with van der Waals surface area (Å²) in [7, 11) is 0. The lowest BCUT2D eigenvalue weighted by Crippen LogP contribution is -2.48. The first kappa shape index (κ1) is 15.4. The average molecular weight is 348 g/mol. The van der Waals surface area contributed by atoms with Gasteiger partial charge in [0, 0.05) is 37.3 Å². The van der Waals surface area contributed by atoms with Gasteiger partial charge < -0.3 is 4.90 Å². The maximum Gasteiger partial charge on any atom is 0.239 e. The highest BCUT2D eigenvalue weighted by Gasteiger charge is 2.34. The Morgan fingerprint density at radius 2 is 2.17 bits per heavy atom. The van der Waals surface area contributed by atoms with E-state index in [9.17, 15) is 4.79 Å². The number of nitrogens with zero attached hydrogens (tertiary/aromatic N) is 3. The maximum atomic E-state index is 12.8. The van der Waals surface area contributed by atoms with E-state index in [1.54, 1.807) is 11.3 Å². The fourth-order valence-corrected chi connectivity index (χ4v) is 5.21. The average Bonchev–Trinajstić information content (AvgIpc) is 3.23. The van der Waals surface area contributed by atoms with Gasteiger partial charge in [-0.25, -0.2) is 0 Å². The van der Waals surface area contributed by atoms with Crippen LogP contribution in [0.15, 0.2) is 23.7 Å². The number of thiophene rings is 1. The molecule has 1 amide bonds. The molecule has 0 bridgehead atoms. The first-order chi connectivity index (χ1) is 11.3. The number of hydrogen-bond acceptors (Lipinski definition) is 5. The molecule has 0 N–H and O–H groups in total. The summed E-state index contributed by atoms with van der Waals surface area (Å²) in [6, 6.07) is 4.35. The van der Waals surface area contributed by atoms with E-state index < -0.39 is 0 Å². The van der Waals surface area contributed by atoms with Gasteiger partial charge in [-0.3, -0.25) is 14.7 Å². The second kappa shape index (κ2) is 6.79. The summed E-state index contributed by atoms with van der Waals surface area (Å²) in [5.74, 6) is 2.50. The topological polar surface area (TPSA) is 36.4 Å². The number of amides is 1. The Hall–Kier alpha value is -1.11. The molecule has 23 heavy (non-hydrogen) atoms. The van der Waals surface area contributed by atoms with Crippen LogP contribution in [0.1, 0.15) is 18.4 Å². The second-order valence-electron chi connectivity index (χ2n) is 6.21. The Labute approximate surface area is 144 Å². The molecule has 2 aromatic heterocycles. The predicted molar refractivity (Wildman–Crippen MR) is 97.0 cm³/mol. The van der Waals surface area contributed by atoms with Crippen LogP contribution in [-0.4, -0.2) is 57.9 Å². The number of hydrogen-bond donors (Lipinski definition) is 0. The summed E-state index contributed by atoms with van der Waals surface area (Å²) in [6.07, 6.45) is 4.08. The van der Waals surface area contributed by atoms with E-state index in [0.717, 1.165) is 56.0 Å². The van der Waals surface area contributed by atoms with Gasteiger partial charge >= 0.3 is 0 Å². The first-order valence-electron chi connectivity index (χ1n) is 8.24. The summed E-state index contributed by atoms with van der Waals surface area (Å²) < 4.78 is 1.23. The van der Waals surface area contributed by atoms with Gasteiger partial charge in [-0.05, 0) is 42.5 Å². The minimum absolute atomic E-state index is 0.0668. The van der Waals surface area contributed by atoms with Crippen LogP contribution in [0.4, 0.5) is 0 Å². The summed E-state index contributed by atoms with van der Waals surface area (Å²) >= 11 is 3.68. The Kier molecular flexibility index (Phi) is 4.55. The van der Waals surface area contributed by atoms with Crippen LogP contribution in [0.3, 0.4) is 0 Å². The molecule has 0 aliphatic carbocycles. The summed E-state index contributed by atoms with van der Waals surface area (Å²) in [4.78, 5) is 21.8. The van der Waals surface area contributed by atoms with Crippen molar-refractivity contribution in [3.63, 3.8) is 0 Å². The van der Waals surface area contributed by atoms with Crippen LogP contribution in [0.5, 0.6) is 0 Å². The van der Waals surface area contributed by atoms with Gasteiger partial charge in [0.2, 0.25) is 5.91 Å². The third kappa shape index (κ3) is 3.25. The van der Waals surface area contributed by atoms with E-state index >= 15 is 0 Å². The van der Waals surface area contributed by atoms with Crippen molar-refractivity contribution in [3.8, 4) is 0 Å². The highest BCUT2D eigenvalue weighted by atomic mass is 32.2. The Bertz CT molecular complexity index is 696. The van der Waals surface area contributed by atoms with Crippen LogP contribution < -0.4 is 0 Å². The molecule has 2 aliphatic heterocycles. The summed E-state index contributed by atoms with van der Waals surface area (Å²) in [5.41, 5.74) is 2.28. The van der Waals surface area contributed by atoms with Crippen molar-refractivity contribution in [2.24, 2.45) is 0 Å². The second-order valence-corrected chi connectivity index (χ2v) is 8.39. The number of carbonyl (C=O) groups excluding carboxylic acids is 1. The van der Waals surface area contributed by atoms with Crippen molar-refractivity contribution < 1.29 is 4.79 Å². The van der Waals surface area contributed by atoms with Crippen LogP contribution in [0.2, 0.25) is 0 Å². The molecule has 4 nitrogen and oxygen atoms in total. The van der Waals surface area contributed by atoms with Crippen molar-refractivity contribution in [2.45, 2.75) is 25.4 Å². The van der Waals surface area contributed by atoms with E-state index in [-0.39, 0.29) is 6.04 Å². The third-order valence-corrected chi connectivity index (χ3v) is 6.51. The van der Waals surface area contributed by atoms with Gasteiger partial charge in [-0.2, -0.15) is 11.8 Å². The van der Waals surface area contributed by atoms with Crippen molar-refractivity contribution in [2.75, 3.05) is 31.1 Å². The van der Waals surface area contributed by atoms with Gasteiger partial charge in [-0.1, -0.05) is 0 Å². The van der Waals surface area contributed by atoms with E-state index in [1.807, 2.05) is 18.0 Å². The molecule has 0 saturated carbocycles. The van der Waals surface area contributed by atoms with E-state index in [4.69, 9.17) is 0 Å². The van der Waals surface area contributed by atoms with Gasteiger partial charge in [0.1, 0.15) is 0 Å². The van der Waals surface area contributed by atoms with E-state index in [1.165, 1.54) is 10.3 Å². The minimum atomic E-state index is 0.0668. The monoisotopic (exact) mass is 347 g/mol. The SMILES string of the molecule is O=C([C@@H]1CCCN1Cc1cnc2ccsc2c1)N1CCSCC1. The van der Waals surface area contributed by atoms with Crippen LogP contribution in [0, 0.1) is 0 Å². The number of carbonyl (C=O) groups is 1. The zero-order chi connectivity index (χ0) is 15.6. The van der Waals surface area contributed by atoms with Crippen molar-refractivity contribution in [1.29, 1.82) is 0 Å². The van der Waals surface area contributed by atoms with E-state index in [2.05, 4.69) is 32.3 Å². The quantitative estimate of drug-likeness (QED) is 0.855. The molecular weight excluding hydrogens is 326 g/mol. The zero-order valence-corrected chi connectivity index (χ0v) is 14.7. The Morgan fingerprint density at radius 3 is 3.04 bits per heavy atom. The third-order valence-electron chi connectivity index (χ3n) is 4.72. The number of fused-ring (bicyclic) bond motifs is 1. The molecule has 2 aromatic rings. The van der Waals surface area contributed by atoms with Crippen molar-refractivity contribution >= 4 is 39.2 Å². The molecule has 1 atom stereocenters. The molecule has 0 spiro atoms. The lowest BCUT2D eigenvalue weighted by atomic mass is 10.1.